The van der Waals surface area contributed by atoms with Gasteiger partial charge in [-0.05, 0) is 53.6 Å². The van der Waals surface area contributed by atoms with E-state index in [1.165, 1.54) is 0 Å². The highest BCUT2D eigenvalue weighted by Gasteiger charge is 2.41. The van der Waals surface area contributed by atoms with E-state index in [2.05, 4.69) is 5.32 Å². The molecule has 3 aromatic rings. The second-order valence-electron chi connectivity index (χ2n) is 8.37. The molecule has 0 bridgehead atoms. The Morgan fingerprint density at radius 1 is 1.09 bits per heavy atom. The molecule has 2 aliphatic rings. The number of carbonyl (C=O) groups is 2. The molecule has 2 aromatic carbocycles. The Kier molecular flexibility index (Phi) is 5.77. The first-order valence-electron chi connectivity index (χ1n) is 11.2. The molecule has 2 atom stereocenters. The molecule has 1 aliphatic heterocycles. The zero-order valence-electron chi connectivity index (χ0n) is 18.7. The predicted octanol–water partition coefficient (Wildman–Crippen LogP) is 6.07. The Hall–Kier alpha value is -3.38. The molecule has 0 spiro atoms. The molecule has 1 aliphatic carbocycles. The van der Waals surface area contributed by atoms with Crippen LogP contribution in [0.1, 0.15) is 48.6 Å². The number of nitrogens with zero attached hydrogens (tertiary/aromatic N) is 1. The first-order chi connectivity index (χ1) is 16.1. The highest BCUT2D eigenvalue weighted by atomic mass is 32.1. The molecule has 0 radical (unpaired) electrons. The predicted molar refractivity (Wildman–Crippen MR) is 132 cm³/mol. The summed E-state index contributed by atoms with van der Waals surface area (Å²) in [6, 6.07) is 19.4. The van der Waals surface area contributed by atoms with E-state index in [1.807, 2.05) is 77.9 Å². The summed E-state index contributed by atoms with van der Waals surface area (Å²) < 4.78 is 5.29. The summed E-state index contributed by atoms with van der Waals surface area (Å²) in [5, 5.41) is 5.56. The average molecular weight is 459 g/mol. The quantitative estimate of drug-likeness (QED) is 0.516. The van der Waals surface area contributed by atoms with Gasteiger partial charge in [0.25, 0.3) is 0 Å². The van der Waals surface area contributed by atoms with Crippen molar-refractivity contribution in [3.05, 3.63) is 87.8 Å². The summed E-state index contributed by atoms with van der Waals surface area (Å²) in [6.07, 6.45) is 1.48. The highest BCUT2D eigenvalue weighted by molar-refractivity contribution is 7.10. The Bertz CT molecular complexity index is 1210. The molecule has 5 nitrogen and oxygen atoms in total. The molecule has 2 heterocycles. The summed E-state index contributed by atoms with van der Waals surface area (Å²) in [6.45, 7) is 1.87. The highest BCUT2D eigenvalue weighted by Crippen LogP contribution is 2.48. The summed E-state index contributed by atoms with van der Waals surface area (Å²) >= 11 is 1.58. The molecule has 168 valence electrons. The number of hydrogen-bond acceptors (Lipinski definition) is 5. The Balaban J connectivity index is 1.65. The van der Waals surface area contributed by atoms with E-state index >= 15 is 0 Å². The van der Waals surface area contributed by atoms with E-state index in [4.69, 9.17) is 4.74 Å². The average Bonchev–Trinajstić information content (AvgIpc) is 3.33. The van der Waals surface area contributed by atoms with Crippen molar-refractivity contribution in [1.29, 1.82) is 0 Å². The number of nitrogens with one attached hydrogen (secondary N) is 1. The van der Waals surface area contributed by atoms with E-state index in [1.54, 1.807) is 18.4 Å². The zero-order valence-corrected chi connectivity index (χ0v) is 19.5. The maximum Gasteiger partial charge on any atom is 0.227 e. The standard InChI is InChI=1S/C27H26N2O3S/c1-3-25(31)29-22-8-5-4-7-20(22)28-21-15-18(17-10-12-19(32-2)13-11-17)16-23(30)26(21)27(29)24-9-6-14-33-24/h4-14,18,27-28H,3,15-16H2,1-2H3/t18-,27-/m1/s1. The van der Waals surface area contributed by atoms with Crippen molar-refractivity contribution in [3.8, 4) is 5.75 Å². The van der Waals surface area contributed by atoms with Crippen molar-refractivity contribution in [2.45, 2.75) is 38.1 Å². The van der Waals surface area contributed by atoms with Crippen molar-refractivity contribution < 1.29 is 14.3 Å². The molecule has 0 saturated heterocycles. The minimum atomic E-state index is -0.423. The Morgan fingerprint density at radius 3 is 2.58 bits per heavy atom. The van der Waals surface area contributed by atoms with Gasteiger partial charge >= 0.3 is 0 Å². The van der Waals surface area contributed by atoms with Crippen LogP contribution in [0.5, 0.6) is 5.75 Å². The maximum absolute atomic E-state index is 13.7. The lowest BCUT2D eigenvalue weighted by atomic mass is 9.79. The number of hydrogen-bond donors (Lipinski definition) is 1. The van der Waals surface area contributed by atoms with Gasteiger partial charge in [0.15, 0.2) is 5.78 Å². The molecule has 5 rings (SSSR count). The van der Waals surface area contributed by atoms with E-state index in [9.17, 15) is 9.59 Å². The number of fused-ring (bicyclic) bond motifs is 1. The monoisotopic (exact) mass is 458 g/mol. The number of thiophene rings is 1. The Morgan fingerprint density at radius 2 is 1.88 bits per heavy atom. The molecule has 1 N–H and O–H groups in total. The van der Waals surface area contributed by atoms with Gasteiger partial charge in [-0.15, -0.1) is 11.3 Å². The number of carbonyl (C=O) groups excluding carboxylic acids is 2. The number of allylic oxidation sites excluding steroid dienone is 1. The first kappa shape index (κ1) is 21.5. The lowest BCUT2D eigenvalue weighted by molar-refractivity contribution is -0.118. The second kappa shape index (κ2) is 8.87. The summed E-state index contributed by atoms with van der Waals surface area (Å²) in [5.74, 6) is 0.958. The third kappa shape index (κ3) is 3.85. The SMILES string of the molecule is CCC(=O)N1c2ccccc2NC2=C(C(=O)C[C@H](c3ccc(OC)cc3)C2)[C@H]1c1cccs1. The molecule has 33 heavy (non-hydrogen) atoms. The normalized spacial score (nSPS) is 19.9. The van der Waals surface area contributed by atoms with E-state index < -0.39 is 6.04 Å². The van der Waals surface area contributed by atoms with Gasteiger partial charge in [-0.1, -0.05) is 37.3 Å². The summed E-state index contributed by atoms with van der Waals surface area (Å²) in [5.41, 5.74) is 4.40. The van der Waals surface area contributed by atoms with Crippen molar-refractivity contribution in [3.63, 3.8) is 0 Å². The van der Waals surface area contributed by atoms with Crippen LogP contribution in [0.4, 0.5) is 11.4 Å². The fourth-order valence-corrected chi connectivity index (χ4v) is 5.69. The molecule has 0 fully saturated rings. The smallest absolute Gasteiger partial charge is 0.227 e. The number of amides is 1. The van der Waals surface area contributed by atoms with E-state index in [-0.39, 0.29) is 17.6 Å². The third-order valence-corrected chi connectivity index (χ3v) is 7.38. The molecule has 1 aromatic heterocycles. The van der Waals surface area contributed by atoms with E-state index in [0.29, 0.717) is 24.8 Å². The third-order valence-electron chi connectivity index (χ3n) is 6.46. The van der Waals surface area contributed by atoms with Gasteiger partial charge in [0.2, 0.25) is 5.91 Å². The van der Waals surface area contributed by atoms with Crippen molar-refractivity contribution >= 4 is 34.4 Å². The second-order valence-corrected chi connectivity index (χ2v) is 9.35. The number of anilines is 2. The minimum absolute atomic E-state index is 0.00137. The minimum Gasteiger partial charge on any atom is -0.497 e. The van der Waals surface area contributed by atoms with Gasteiger partial charge in [-0.25, -0.2) is 0 Å². The molecular weight excluding hydrogens is 432 g/mol. The van der Waals surface area contributed by atoms with Gasteiger partial charge in [-0.3, -0.25) is 14.5 Å². The summed E-state index contributed by atoms with van der Waals surface area (Å²) in [7, 11) is 1.65. The van der Waals surface area contributed by atoms with Crippen molar-refractivity contribution in [2.75, 3.05) is 17.3 Å². The number of methoxy groups -OCH3 is 1. The molecule has 1 amide bonds. The lowest BCUT2D eigenvalue weighted by Crippen LogP contribution is -2.37. The van der Waals surface area contributed by atoms with Crippen LogP contribution in [-0.2, 0) is 9.59 Å². The molecule has 6 heteroatoms. The van der Waals surface area contributed by atoms with Crippen LogP contribution < -0.4 is 15.0 Å². The van der Waals surface area contributed by atoms with Gasteiger partial charge in [0.1, 0.15) is 11.8 Å². The number of benzene rings is 2. The van der Waals surface area contributed by atoms with Crippen molar-refractivity contribution in [2.24, 2.45) is 0 Å². The number of Topliss-reactive ketones (excluding diaryl/α,β-unsaturated/α-hetero) is 1. The molecule has 0 unspecified atom stereocenters. The lowest BCUT2D eigenvalue weighted by Gasteiger charge is -2.34. The van der Waals surface area contributed by atoms with Crippen LogP contribution >= 0.6 is 11.3 Å². The topological polar surface area (TPSA) is 58.6 Å². The number of rotatable bonds is 4. The molecular formula is C27H26N2O3S. The van der Waals surface area contributed by atoms with Gasteiger partial charge in [0.05, 0.1) is 18.5 Å². The largest absolute Gasteiger partial charge is 0.497 e. The fraction of sp³-hybridized carbons (Fsp3) is 0.259. The van der Waals surface area contributed by atoms with Crippen LogP contribution in [0.3, 0.4) is 0 Å². The first-order valence-corrected chi connectivity index (χ1v) is 12.1. The fourth-order valence-electron chi connectivity index (χ4n) is 4.86. The van der Waals surface area contributed by atoms with Crippen molar-refractivity contribution in [1.82, 2.24) is 0 Å². The Labute approximate surface area is 197 Å². The number of ketones is 1. The van der Waals surface area contributed by atoms with E-state index in [0.717, 1.165) is 33.3 Å². The van der Waals surface area contributed by atoms with Crippen LogP contribution in [0.25, 0.3) is 0 Å². The van der Waals surface area contributed by atoms with Crippen LogP contribution in [0.2, 0.25) is 0 Å². The number of ether oxygens (including phenoxy) is 1. The van der Waals surface area contributed by atoms with Gasteiger partial charge in [0, 0.05) is 29.0 Å². The van der Waals surface area contributed by atoms with Gasteiger partial charge < -0.3 is 10.1 Å². The van der Waals surface area contributed by atoms with Crippen LogP contribution in [0.15, 0.2) is 77.3 Å². The molecule has 0 saturated carbocycles. The zero-order chi connectivity index (χ0) is 22.9. The van der Waals surface area contributed by atoms with Crippen LogP contribution in [0, 0.1) is 0 Å². The number of para-hydroxylation sites is 2. The summed E-state index contributed by atoms with van der Waals surface area (Å²) in [4.78, 5) is 29.8. The van der Waals surface area contributed by atoms with Gasteiger partial charge in [-0.2, -0.15) is 0 Å². The van der Waals surface area contributed by atoms with Crippen LogP contribution in [-0.4, -0.2) is 18.8 Å². The maximum atomic E-state index is 13.7.